The fraction of sp³-hybridized carbons (Fsp3) is 0.200. The number of nitro groups is 1. The van der Waals surface area contributed by atoms with Crippen LogP contribution in [0.3, 0.4) is 0 Å². The average Bonchev–Trinajstić information content (AvgIpc) is 3.25. The highest BCUT2D eigenvalue weighted by atomic mass is 32.2. The van der Waals surface area contributed by atoms with Gasteiger partial charge in [0.1, 0.15) is 4.88 Å². The van der Waals surface area contributed by atoms with Crippen molar-refractivity contribution < 1.29 is 28.0 Å². The van der Waals surface area contributed by atoms with Crippen molar-refractivity contribution in [3.63, 3.8) is 0 Å². The zero-order valence-electron chi connectivity index (χ0n) is 11.9. The van der Waals surface area contributed by atoms with Gasteiger partial charge in [-0.25, -0.2) is 9.78 Å². The summed E-state index contributed by atoms with van der Waals surface area (Å²) in [7, 11) is 0. The Morgan fingerprint density at radius 2 is 1.92 bits per heavy atom. The normalized spacial score (nSPS) is 15.5. The molecule has 3 heterocycles. The summed E-state index contributed by atoms with van der Waals surface area (Å²) in [5, 5.41) is 33.6. The highest BCUT2D eigenvalue weighted by Crippen LogP contribution is 2.51. The Morgan fingerprint density at radius 3 is 2.38 bits per heavy atom. The summed E-state index contributed by atoms with van der Waals surface area (Å²) in [6.07, 6.45) is -4.96. The molecule has 1 N–H and O–H groups in total. The van der Waals surface area contributed by atoms with Gasteiger partial charge in [0.25, 0.3) is 4.99 Å². The number of aromatic carboxylic acids is 1. The number of carboxylic acid groups (broad SMARTS) is 1. The van der Waals surface area contributed by atoms with Crippen molar-refractivity contribution in [2.75, 3.05) is 0 Å². The van der Waals surface area contributed by atoms with Crippen LogP contribution in [-0.4, -0.2) is 21.0 Å². The molecule has 0 unspecified atom stereocenters. The smallest absolute Gasteiger partial charge is 0.435 e. The highest BCUT2D eigenvalue weighted by molar-refractivity contribution is 8.02. The third-order valence-corrected chi connectivity index (χ3v) is 6.33. The molecule has 0 bridgehead atoms. The van der Waals surface area contributed by atoms with Gasteiger partial charge in [0, 0.05) is 6.07 Å². The van der Waals surface area contributed by atoms with Crippen LogP contribution in [-0.2, 0) is 11.2 Å². The third kappa shape index (κ3) is 3.29. The van der Waals surface area contributed by atoms with Crippen LogP contribution in [0.2, 0.25) is 0 Å². The Kier molecular flexibility index (Phi) is 4.49. The molecule has 2 aromatic heterocycles. The Labute approximate surface area is 152 Å². The number of thiophene rings is 1. The molecule has 136 valence electrons. The first-order valence-corrected chi connectivity index (χ1v) is 8.66. The van der Waals surface area contributed by atoms with E-state index in [1.165, 1.54) is 12.1 Å². The van der Waals surface area contributed by atoms with E-state index in [9.17, 15) is 28.1 Å². The molecule has 0 saturated heterocycles. The number of rotatable bonds is 5. The zero-order valence-corrected chi connectivity index (χ0v) is 14.3. The number of carbonyl (C=O) groups is 1. The van der Waals surface area contributed by atoms with Crippen LogP contribution in [0.4, 0.5) is 18.2 Å². The number of nitrogens with zero attached hydrogens (tertiary/aromatic N) is 6. The summed E-state index contributed by atoms with van der Waals surface area (Å²) >= 11 is 1.53. The standard InChI is InChI=1S/C10H3F3N6O4S3/c11-9(12,13)6-5(7(20)21)25-8(14-6)26-10(15-17-18-16-10)3-1-2-4(24-3)19(22)23/h1-2H,(H,20,21). The minimum atomic E-state index is -4.96. The lowest BCUT2D eigenvalue weighted by molar-refractivity contribution is -0.380. The molecule has 1 aliphatic rings. The van der Waals surface area contributed by atoms with Crippen LogP contribution in [0.5, 0.6) is 0 Å². The second-order valence-electron chi connectivity index (χ2n) is 4.44. The predicted octanol–water partition coefficient (Wildman–Crippen LogP) is 4.57. The molecule has 0 radical (unpaired) electrons. The molecule has 0 atom stereocenters. The first-order chi connectivity index (χ1) is 12.1. The van der Waals surface area contributed by atoms with Crippen LogP contribution < -0.4 is 0 Å². The number of thiazole rings is 1. The van der Waals surface area contributed by atoms with Crippen LogP contribution >= 0.6 is 34.4 Å². The molecule has 2 aromatic rings. The first kappa shape index (κ1) is 18.3. The van der Waals surface area contributed by atoms with Crippen molar-refractivity contribution in [3.05, 3.63) is 37.7 Å². The summed E-state index contributed by atoms with van der Waals surface area (Å²) in [4.78, 5) is 22.0. The quantitative estimate of drug-likeness (QED) is 0.550. The maximum Gasteiger partial charge on any atom is 0.435 e. The molecule has 0 amide bonds. The number of hydrogen-bond donors (Lipinski definition) is 1. The van der Waals surface area contributed by atoms with Gasteiger partial charge in [0.05, 0.1) is 9.80 Å². The van der Waals surface area contributed by atoms with E-state index in [0.29, 0.717) is 23.1 Å². The number of aromatic nitrogens is 1. The molecule has 0 aliphatic carbocycles. The molecule has 26 heavy (non-hydrogen) atoms. The van der Waals surface area contributed by atoms with Crippen molar-refractivity contribution in [2.24, 2.45) is 20.7 Å². The van der Waals surface area contributed by atoms with Gasteiger partial charge in [-0.1, -0.05) is 22.7 Å². The van der Waals surface area contributed by atoms with Gasteiger partial charge in [-0.3, -0.25) is 10.1 Å². The molecular formula is C10H3F3N6O4S3. The van der Waals surface area contributed by atoms with Crippen molar-refractivity contribution in [3.8, 4) is 0 Å². The summed E-state index contributed by atoms with van der Waals surface area (Å²) in [5.41, 5.74) is -1.54. The minimum Gasteiger partial charge on any atom is -0.477 e. The second-order valence-corrected chi connectivity index (χ2v) is 7.92. The number of hydrogen-bond acceptors (Lipinski definition) is 11. The number of alkyl halides is 3. The Morgan fingerprint density at radius 1 is 1.27 bits per heavy atom. The van der Waals surface area contributed by atoms with Gasteiger partial charge in [0.2, 0.25) is 0 Å². The van der Waals surface area contributed by atoms with E-state index in [-0.39, 0.29) is 25.6 Å². The van der Waals surface area contributed by atoms with Crippen molar-refractivity contribution in [1.29, 1.82) is 0 Å². The molecule has 1 aliphatic heterocycles. The topological polar surface area (TPSA) is 143 Å². The highest BCUT2D eigenvalue weighted by Gasteiger charge is 2.44. The van der Waals surface area contributed by atoms with Gasteiger partial charge in [0.15, 0.2) is 10.0 Å². The van der Waals surface area contributed by atoms with Gasteiger partial charge in [-0.2, -0.15) is 13.2 Å². The lowest BCUT2D eigenvalue weighted by atomic mass is 10.3. The van der Waals surface area contributed by atoms with Gasteiger partial charge in [-0.15, -0.1) is 10.2 Å². The van der Waals surface area contributed by atoms with Crippen molar-refractivity contribution in [1.82, 2.24) is 4.98 Å². The molecule has 10 nitrogen and oxygen atoms in total. The molecule has 0 spiro atoms. The van der Waals surface area contributed by atoms with E-state index in [1.54, 1.807) is 0 Å². The fourth-order valence-electron chi connectivity index (χ4n) is 1.77. The number of thioether (sulfide) groups is 1. The molecule has 16 heteroatoms. The van der Waals surface area contributed by atoms with E-state index in [0.717, 1.165) is 0 Å². The Balaban J connectivity index is 2.02. The van der Waals surface area contributed by atoms with E-state index in [1.807, 2.05) is 0 Å². The van der Waals surface area contributed by atoms with Crippen LogP contribution in [0.15, 0.2) is 37.1 Å². The summed E-state index contributed by atoms with van der Waals surface area (Å²) in [5.74, 6) is -1.78. The van der Waals surface area contributed by atoms with Crippen molar-refractivity contribution in [2.45, 2.75) is 15.5 Å². The monoisotopic (exact) mass is 424 g/mol. The fourth-order valence-corrected chi connectivity index (χ4v) is 4.94. The molecule has 0 aromatic carbocycles. The number of carboxylic acids is 1. The van der Waals surface area contributed by atoms with Gasteiger partial charge < -0.3 is 5.11 Å². The number of halogens is 3. The molecular weight excluding hydrogens is 421 g/mol. The van der Waals surface area contributed by atoms with Crippen LogP contribution in [0.1, 0.15) is 20.2 Å². The maximum absolute atomic E-state index is 13.0. The SMILES string of the molecule is O=C(O)c1sc(SC2(c3ccc([N+](=O)[O-])s3)N=NN=N2)nc1C(F)(F)F. The molecule has 0 saturated carbocycles. The van der Waals surface area contributed by atoms with Gasteiger partial charge in [-0.05, 0) is 28.3 Å². The van der Waals surface area contributed by atoms with Crippen LogP contribution in [0, 0.1) is 10.1 Å². The summed E-state index contributed by atoms with van der Waals surface area (Å²) in [6.45, 7) is 0. The van der Waals surface area contributed by atoms with E-state index in [2.05, 4.69) is 25.7 Å². The largest absolute Gasteiger partial charge is 0.477 e. The minimum absolute atomic E-state index is 0.180. The summed E-state index contributed by atoms with van der Waals surface area (Å²) in [6, 6.07) is 2.49. The lowest BCUT2D eigenvalue weighted by Crippen LogP contribution is -2.12. The second kappa shape index (κ2) is 6.36. The maximum atomic E-state index is 13.0. The van der Waals surface area contributed by atoms with E-state index < -0.39 is 32.6 Å². The third-order valence-electron chi connectivity index (χ3n) is 2.79. The molecule has 3 rings (SSSR count). The Bertz CT molecular complexity index is 940. The predicted molar refractivity (Wildman–Crippen MR) is 82.3 cm³/mol. The van der Waals surface area contributed by atoms with Crippen molar-refractivity contribution >= 4 is 45.4 Å². The first-order valence-electron chi connectivity index (χ1n) is 6.21. The van der Waals surface area contributed by atoms with Crippen LogP contribution in [0.25, 0.3) is 0 Å². The van der Waals surface area contributed by atoms with E-state index in [4.69, 9.17) is 5.11 Å². The van der Waals surface area contributed by atoms with E-state index >= 15 is 0 Å². The zero-order chi connectivity index (χ0) is 19.1. The Hall–Kier alpha value is -2.46. The lowest BCUT2D eigenvalue weighted by Gasteiger charge is -2.14. The van der Waals surface area contributed by atoms with Gasteiger partial charge >= 0.3 is 17.1 Å². The average molecular weight is 424 g/mol. The molecule has 0 fully saturated rings. The summed E-state index contributed by atoms with van der Waals surface area (Å²) < 4.78 is 38.6.